The number of ether oxygens (including phenoxy) is 1. The fourth-order valence-electron chi connectivity index (χ4n) is 4.15. The number of halogens is 17. The molecule has 0 aliphatic heterocycles. The van der Waals surface area contributed by atoms with Gasteiger partial charge in [-0.2, -0.15) is 74.6 Å². The first-order valence-corrected chi connectivity index (χ1v) is 15.0. The maximum atomic E-state index is 14.1. The van der Waals surface area contributed by atoms with Gasteiger partial charge in [-0.15, -0.1) is 0 Å². The van der Waals surface area contributed by atoms with Crippen LogP contribution in [0.3, 0.4) is 0 Å². The SMILES string of the molecule is CCC(CC(C)C(=O)OCCC(F)(F)C(F)(F)C(F)(F)C(F)(F)C(F)(F)C(F)(F)C(F)(F)C(F)(F)F)c1cc[n+](CCCS(=O)(=O)[O-])cc1. The van der Waals surface area contributed by atoms with Gasteiger partial charge in [0.1, 0.15) is 6.54 Å². The molecule has 49 heavy (non-hydrogen) atoms. The van der Waals surface area contributed by atoms with Crippen LogP contribution in [0.2, 0.25) is 0 Å². The van der Waals surface area contributed by atoms with E-state index >= 15 is 0 Å². The van der Waals surface area contributed by atoms with E-state index in [0.29, 0.717) is 12.0 Å². The van der Waals surface area contributed by atoms with E-state index in [1.54, 1.807) is 6.92 Å². The molecule has 286 valence electrons. The molecule has 0 amide bonds. The minimum absolute atomic E-state index is 0.0235. The number of esters is 1. The number of aromatic nitrogens is 1. The number of alkyl halides is 17. The number of nitrogens with zero attached hydrogens (tertiary/aromatic N) is 1. The Morgan fingerprint density at radius 2 is 1.20 bits per heavy atom. The molecule has 0 aliphatic rings. The maximum absolute atomic E-state index is 14.1. The van der Waals surface area contributed by atoms with E-state index in [2.05, 4.69) is 4.74 Å². The maximum Gasteiger partial charge on any atom is 0.460 e. The summed E-state index contributed by atoms with van der Waals surface area (Å²) >= 11 is 0. The standard InChI is InChI=1S/C25H26F17NO5S/c1-3-15(16-5-9-43(10-6-16)8-4-12-49(45,46)47)13-14(2)17(44)48-11-7-18(26,27)19(28,29)20(30,31)21(32,33)22(34,35)23(36,37)24(38,39)25(40,41)42/h5-6,9-10,14-15H,3-4,7-8,11-13H2,1-2H3. The van der Waals surface area contributed by atoms with E-state index in [-0.39, 0.29) is 19.4 Å². The molecule has 2 unspecified atom stereocenters. The first kappa shape index (κ1) is 44.4. The van der Waals surface area contributed by atoms with Crippen LogP contribution in [0.5, 0.6) is 0 Å². The number of aryl methyl sites for hydroxylation is 1. The van der Waals surface area contributed by atoms with Gasteiger partial charge >= 0.3 is 53.6 Å². The zero-order valence-corrected chi connectivity index (χ0v) is 25.6. The highest BCUT2D eigenvalue weighted by Gasteiger charge is 2.95. The molecule has 1 aromatic heterocycles. The number of hydrogen-bond acceptors (Lipinski definition) is 5. The quantitative estimate of drug-likeness (QED) is 0.0673. The number of carbonyl (C=O) groups excluding carboxylic acids is 1. The van der Waals surface area contributed by atoms with E-state index in [9.17, 15) is 92.4 Å². The monoisotopic (exact) mass is 775 g/mol. The topological polar surface area (TPSA) is 87.4 Å². The molecule has 6 nitrogen and oxygen atoms in total. The van der Waals surface area contributed by atoms with E-state index in [1.165, 1.54) is 29.1 Å². The van der Waals surface area contributed by atoms with E-state index in [1.807, 2.05) is 0 Å². The Bertz CT molecular complexity index is 1380. The van der Waals surface area contributed by atoms with Crippen molar-refractivity contribution in [2.24, 2.45) is 5.92 Å². The molecule has 1 rings (SSSR count). The Morgan fingerprint density at radius 1 is 0.776 bits per heavy atom. The molecule has 0 fully saturated rings. The highest BCUT2D eigenvalue weighted by molar-refractivity contribution is 7.85. The molecule has 0 aliphatic carbocycles. The summed E-state index contributed by atoms with van der Waals surface area (Å²) in [4.78, 5) is 12.2. The lowest BCUT2D eigenvalue weighted by molar-refractivity contribution is -0.696. The van der Waals surface area contributed by atoms with E-state index < -0.39 is 94.3 Å². The molecular formula is C25H26F17NO5S. The molecule has 0 aromatic carbocycles. The summed E-state index contributed by atoms with van der Waals surface area (Å²) in [6.45, 7) is 0.827. The van der Waals surface area contributed by atoms with Gasteiger partial charge in [-0.1, -0.05) is 13.8 Å². The zero-order chi connectivity index (χ0) is 38.9. The Labute approximate surface area is 266 Å². The lowest BCUT2D eigenvalue weighted by Gasteiger charge is -2.42. The Hall–Kier alpha value is -2.66. The van der Waals surface area contributed by atoms with Gasteiger partial charge in [0.15, 0.2) is 12.4 Å². The second-order valence-corrected chi connectivity index (χ2v) is 12.3. The molecule has 24 heteroatoms. The Kier molecular flexibility index (Phi) is 13.1. The van der Waals surface area contributed by atoms with Gasteiger partial charge in [-0.05, 0) is 24.3 Å². The van der Waals surface area contributed by atoms with Gasteiger partial charge < -0.3 is 9.29 Å². The van der Waals surface area contributed by atoms with Crippen molar-refractivity contribution < 1.29 is 102 Å². The van der Waals surface area contributed by atoms with Crippen LogP contribution in [0.1, 0.15) is 51.0 Å². The smallest absolute Gasteiger partial charge is 0.460 e. The molecule has 0 saturated carbocycles. The summed E-state index contributed by atoms with van der Waals surface area (Å²) < 4.78 is 265. The summed E-state index contributed by atoms with van der Waals surface area (Å²) in [5, 5.41) is 0. The third-order valence-electron chi connectivity index (χ3n) is 7.18. The van der Waals surface area contributed by atoms with Gasteiger partial charge in [-0.3, -0.25) is 4.79 Å². The molecule has 0 radical (unpaired) electrons. The first-order chi connectivity index (χ1) is 21.7. The summed E-state index contributed by atoms with van der Waals surface area (Å²) in [5.41, 5.74) is 0.541. The minimum atomic E-state index is -8.72. The van der Waals surface area contributed by atoms with Gasteiger partial charge in [0.05, 0.1) is 29.1 Å². The van der Waals surface area contributed by atoms with Crippen LogP contribution in [0, 0.1) is 5.92 Å². The fraction of sp³-hybridized carbons (Fsp3) is 0.760. The van der Waals surface area contributed by atoms with Crippen molar-refractivity contribution in [2.75, 3.05) is 12.4 Å². The number of carbonyl (C=O) groups is 1. The highest BCUT2D eigenvalue weighted by Crippen LogP contribution is 2.64. The van der Waals surface area contributed by atoms with E-state index in [0.717, 1.165) is 6.92 Å². The van der Waals surface area contributed by atoms with Crippen molar-refractivity contribution in [1.29, 1.82) is 0 Å². The van der Waals surface area contributed by atoms with Crippen LogP contribution in [-0.4, -0.2) is 78.9 Å². The van der Waals surface area contributed by atoms with Crippen molar-refractivity contribution in [3.8, 4) is 0 Å². The molecule has 2 atom stereocenters. The highest BCUT2D eigenvalue weighted by atomic mass is 32.2. The fourth-order valence-corrected chi connectivity index (χ4v) is 4.63. The molecule has 0 saturated heterocycles. The van der Waals surface area contributed by atoms with Crippen molar-refractivity contribution in [3.63, 3.8) is 0 Å². The minimum Gasteiger partial charge on any atom is -0.748 e. The lowest BCUT2D eigenvalue weighted by atomic mass is 9.88. The Morgan fingerprint density at radius 3 is 1.61 bits per heavy atom. The zero-order valence-electron chi connectivity index (χ0n) is 24.7. The van der Waals surface area contributed by atoms with Crippen LogP contribution < -0.4 is 4.57 Å². The van der Waals surface area contributed by atoms with Gasteiger partial charge in [0.2, 0.25) is 0 Å². The van der Waals surface area contributed by atoms with Crippen molar-refractivity contribution in [2.45, 2.75) is 99.6 Å². The largest absolute Gasteiger partial charge is 0.748 e. The predicted octanol–water partition coefficient (Wildman–Crippen LogP) is 7.37. The summed E-state index contributed by atoms with van der Waals surface area (Å²) in [6, 6.07) is 3.03. The summed E-state index contributed by atoms with van der Waals surface area (Å²) in [6.07, 6.45) is -7.66. The van der Waals surface area contributed by atoms with Crippen LogP contribution >= 0.6 is 0 Å². The second kappa shape index (κ2) is 14.5. The second-order valence-electron chi connectivity index (χ2n) is 10.8. The van der Waals surface area contributed by atoms with Crippen molar-refractivity contribution in [1.82, 2.24) is 0 Å². The molecule has 0 N–H and O–H groups in total. The third kappa shape index (κ3) is 8.81. The summed E-state index contributed by atoms with van der Waals surface area (Å²) in [5.74, 6) is -61.1. The molecule has 1 heterocycles. The predicted molar refractivity (Wildman–Crippen MR) is 129 cm³/mol. The average molecular weight is 776 g/mol. The van der Waals surface area contributed by atoms with Crippen LogP contribution in [0.25, 0.3) is 0 Å². The normalized spacial score (nSPS) is 16.0. The number of pyridine rings is 1. The van der Waals surface area contributed by atoms with E-state index in [4.69, 9.17) is 0 Å². The first-order valence-electron chi connectivity index (χ1n) is 13.5. The molecule has 1 aromatic rings. The lowest BCUT2D eigenvalue weighted by Crippen LogP contribution is -2.74. The molecular weight excluding hydrogens is 749 g/mol. The van der Waals surface area contributed by atoms with Crippen LogP contribution in [-0.2, 0) is 26.2 Å². The van der Waals surface area contributed by atoms with Crippen LogP contribution in [0.4, 0.5) is 74.6 Å². The van der Waals surface area contributed by atoms with Crippen LogP contribution in [0.15, 0.2) is 24.5 Å². The Balaban J connectivity index is 3.04. The molecule has 0 spiro atoms. The van der Waals surface area contributed by atoms with Gasteiger partial charge in [0.25, 0.3) is 0 Å². The van der Waals surface area contributed by atoms with Crippen molar-refractivity contribution in [3.05, 3.63) is 30.1 Å². The van der Waals surface area contributed by atoms with Gasteiger partial charge in [-0.25, -0.2) is 13.0 Å². The molecule has 0 bridgehead atoms. The number of hydrogen-bond donors (Lipinski definition) is 0. The van der Waals surface area contributed by atoms with Gasteiger partial charge in [0, 0.05) is 24.3 Å². The average Bonchev–Trinajstić information content (AvgIpc) is 2.94. The third-order valence-corrected chi connectivity index (χ3v) is 7.97. The number of rotatable bonds is 18. The summed E-state index contributed by atoms with van der Waals surface area (Å²) in [7, 11) is -4.45. The van der Waals surface area contributed by atoms with Crippen molar-refractivity contribution >= 4 is 16.1 Å².